The standard InChI is InChI=1S/C10H19N2O/c1-3-5-10(13)12-8-6-11(4-2)7-9-12/h1,3-9H2,2H3. The van der Waals surface area contributed by atoms with Crippen molar-refractivity contribution < 1.29 is 4.79 Å². The van der Waals surface area contributed by atoms with Crippen molar-refractivity contribution >= 4 is 5.91 Å². The highest BCUT2D eigenvalue weighted by Crippen LogP contribution is 2.04. The van der Waals surface area contributed by atoms with Gasteiger partial charge in [0.05, 0.1) is 0 Å². The number of nitrogens with zero attached hydrogens (tertiary/aromatic N) is 2. The Bertz CT molecular complexity index is 162. The van der Waals surface area contributed by atoms with Crippen LogP contribution in [0, 0.1) is 6.92 Å². The van der Waals surface area contributed by atoms with Crippen molar-refractivity contribution in [2.45, 2.75) is 19.8 Å². The predicted molar refractivity (Wildman–Crippen MR) is 53.3 cm³/mol. The molecule has 75 valence electrons. The molecule has 3 heteroatoms. The Labute approximate surface area is 80.7 Å². The van der Waals surface area contributed by atoms with Crippen LogP contribution < -0.4 is 0 Å². The van der Waals surface area contributed by atoms with Gasteiger partial charge in [-0.25, -0.2) is 0 Å². The van der Waals surface area contributed by atoms with Gasteiger partial charge in [-0.1, -0.05) is 13.8 Å². The van der Waals surface area contributed by atoms with Crippen molar-refractivity contribution in [3.05, 3.63) is 6.92 Å². The summed E-state index contributed by atoms with van der Waals surface area (Å²) < 4.78 is 0. The second-order valence-electron chi connectivity index (χ2n) is 3.42. The fourth-order valence-electron chi connectivity index (χ4n) is 1.62. The van der Waals surface area contributed by atoms with Gasteiger partial charge < -0.3 is 9.80 Å². The van der Waals surface area contributed by atoms with Gasteiger partial charge in [-0.2, -0.15) is 0 Å². The van der Waals surface area contributed by atoms with Crippen LogP contribution in [0.15, 0.2) is 0 Å². The van der Waals surface area contributed by atoms with Crippen LogP contribution in [-0.2, 0) is 4.79 Å². The molecule has 0 aromatic heterocycles. The van der Waals surface area contributed by atoms with Crippen LogP contribution in [0.2, 0.25) is 0 Å². The Morgan fingerprint density at radius 1 is 1.31 bits per heavy atom. The lowest BCUT2D eigenvalue weighted by Crippen LogP contribution is -2.48. The molecule has 0 aromatic rings. The largest absolute Gasteiger partial charge is 0.340 e. The zero-order valence-electron chi connectivity index (χ0n) is 8.46. The molecule has 0 aliphatic carbocycles. The number of likely N-dealkylation sites (N-methyl/N-ethyl adjacent to an activating group) is 1. The molecule has 1 fully saturated rings. The summed E-state index contributed by atoms with van der Waals surface area (Å²) in [6.07, 6.45) is 1.32. The summed E-state index contributed by atoms with van der Waals surface area (Å²) in [5.74, 6) is 0.269. The number of piperazine rings is 1. The summed E-state index contributed by atoms with van der Waals surface area (Å²) >= 11 is 0. The minimum absolute atomic E-state index is 0.269. The van der Waals surface area contributed by atoms with Crippen molar-refractivity contribution in [2.24, 2.45) is 0 Å². The summed E-state index contributed by atoms with van der Waals surface area (Å²) in [4.78, 5) is 15.8. The van der Waals surface area contributed by atoms with E-state index in [4.69, 9.17) is 0 Å². The average molecular weight is 183 g/mol. The molecule has 1 amide bonds. The number of hydrogen-bond acceptors (Lipinski definition) is 2. The summed E-state index contributed by atoms with van der Waals surface area (Å²) in [5.41, 5.74) is 0. The highest BCUT2D eigenvalue weighted by atomic mass is 16.2. The van der Waals surface area contributed by atoms with Crippen molar-refractivity contribution in [2.75, 3.05) is 32.7 Å². The molecule has 1 aliphatic rings. The average Bonchev–Trinajstić information content (AvgIpc) is 2.18. The van der Waals surface area contributed by atoms with Gasteiger partial charge in [-0.05, 0) is 13.0 Å². The quantitative estimate of drug-likeness (QED) is 0.645. The minimum atomic E-state index is 0.269. The lowest BCUT2D eigenvalue weighted by molar-refractivity contribution is -0.132. The second kappa shape index (κ2) is 5.22. The Kier molecular flexibility index (Phi) is 4.22. The van der Waals surface area contributed by atoms with E-state index in [2.05, 4.69) is 18.7 Å². The highest BCUT2D eigenvalue weighted by Gasteiger charge is 2.18. The first kappa shape index (κ1) is 10.5. The van der Waals surface area contributed by atoms with E-state index in [0.29, 0.717) is 12.8 Å². The van der Waals surface area contributed by atoms with Gasteiger partial charge in [-0.3, -0.25) is 4.79 Å². The van der Waals surface area contributed by atoms with Crippen LogP contribution in [0.1, 0.15) is 19.8 Å². The molecule has 1 aliphatic heterocycles. The zero-order valence-corrected chi connectivity index (χ0v) is 8.46. The summed E-state index contributed by atoms with van der Waals surface area (Å²) in [5, 5.41) is 0. The molecule has 0 spiro atoms. The van der Waals surface area contributed by atoms with Gasteiger partial charge >= 0.3 is 0 Å². The molecule has 0 N–H and O–H groups in total. The molecule has 0 aromatic carbocycles. The van der Waals surface area contributed by atoms with E-state index >= 15 is 0 Å². The monoisotopic (exact) mass is 183 g/mol. The van der Waals surface area contributed by atoms with E-state index in [-0.39, 0.29) is 5.91 Å². The zero-order chi connectivity index (χ0) is 9.68. The van der Waals surface area contributed by atoms with Gasteiger partial charge in [0, 0.05) is 32.6 Å². The summed E-state index contributed by atoms with van der Waals surface area (Å²) in [6.45, 7) is 10.8. The van der Waals surface area contributed by atoms with Gasteiger partial charge in [-0.15, -0.1) is 0 Å². The lowest BCUT2D eigenvalue weighted by atomic mass is 10.2. The van der Waals surface area contributed by atoms with E-state index in [9.17, 15) is 4.79 Å². The number of rotatable bonds is 3. The van der Waals surface area contributed by atoms with Crippen molar-refractivity contribution in [1.82, 2.24) is 9.80 Å². The smallest absolute Gasteiger partial charge is 0.222 e. The molecule has 1 radical (unpaired) electrons. The van der Waals surface area contributed by atoms with E-state index in [0.717, 1.165) is 32.7 Å². The Hall–Kier alpha value is -0.570. The van der Waals surface area contributed by atoms with Crippen molar-refractivity contribution in [3.8, 4) is 0 Å². The highest BCUT2D eigenvalue weighted by molar-refractivity contribution is 5.76. The van der Waals surface area contributed by atoms with Crippen molar-refractivity contribution in [3.63, 3.8) is 0 Å². The molecule has 1 heterocycles. The van der Waals surface area contributed by atoms with Gasteiger partial charge in [0.1, 0.15) is 0 Å². The molecule has 0 saturated carbocycles. The minimum Gasteiger partial charge on any atom is -0.340 e. The maximum absolute atomic E-state index is 11.5. The maximum atomic E-state index is 11.5. The molecule has 13 heavy (non-hydrogen) atoms. The topological polar surface area (TPSA) is 23.6 Å². The molecule has 3 nitrogen and oxygen atoms in total. The first-order valence-corrected chi connectivity index (χ1v) is 5.07. The fourth-order valence-corrected chi connectivity index (χ4v) is 1.62. The van der Waals surface area contributed by atoms with Crippen molar-refractivity contribution in [1.29, 1.82) is 0 Å². The summed E-state index contributed by atoms with van der Waals surface area (Å²) in [6, 6.07) is 0. The van der Waals surface area contributed by atoms with Gasteiger partial charge in [0.25, 0.3) is 0 Å². The molecule has 0 bridgehead atoms. The molecular weight excluding hydrogens is 164 g/mol. The maximum Gasteiger partial charge on any atom is 0.222 e. The number of amides is 1. The van der Waals surface area contributed by atoms with Crippen LogP contribution in [0.3, 0.4) is 0 Å². The third-order valence-electron chi connectivity index (χ3n) is 2.56. The van der Waals surface area contributed by atoms with Gasteiger partial charge in [0.15, 0.2) is 0 Å². The van der Waals surface area contributed by atoms with Gasteiger partial charge in [0.2, 0.25) is 5.91 Å². The first-order valence-electron chi connectivity index (χ1n) is 5.07. The van der Waals surface area contributed by atoms with Crippen LogP contribution in [0.5, 0.6) is 0 Å². The molecule has 0 atom stereocenters. The van der Waals surface area contributed by atoms with E-state index in [1.807, 2.05) is 4.90 Å². The van der Waals surface area contributed by atoms with E-state index in [1.54, 1.807) is 0 Å². The third-order valence-corrected chi connectivity index (χ3v) is 2.56. The molecule has 1 rings (SSSR count). The Morgan fingerprint density at radius 2 is 1.92 bits per heavy atom. The predicted octanol–water partition coefficient (Wildman–Crippen LogP) is 0.765. The third kappa shape index (κ3) is 2.99. The number of carbonyl (C=O) groups is 1. The SMILES string of the molecule is [CH2]CCC(=O)N1CCN(CC)CC1. The van der Waals surface area contributed by atoms with E-state index < -0.39 is 0 Å². The van der Waals surface area contributed by atoms with Crippen LogP contribution in [0.25, 0.3) is 0 Å². The Morgan fingerprint density at radius 3 is 2.38 bits per heavy atom. The summed E-state index contributed by atoms with van der Waals surface area (Å²) in [7, 11) is 0. The number of carbonyl (C=O) groups excluding carboxylic acids is 1. The molecule has 0 unspecified atom stereocenters. The van der Waals surface area contributed by atoms with Crippen LogP contribution in [0.4, 0.5) is 0 Å². The number of hydrogen-bond donors (Lipinski definition) is 0. The van der Waals surface area contributed by atoms with Crippen LogP contribution >= 0.6 is 0 Å². The second-order valence-corrected chi connectivity index (χ2v) is 3.42. The fraction of sp³-hybridized carbons (Fsp3) is 0.800. The lowest BCUT2D eigenvalue weighted by Gasteiger charge is -2.34. The Balaban J connectivity index is 2.28. The first-order chi connectivity index (χ1) is 6.27. The molecule has 1 saturated heterocycles. The van der Waals surface area contributed by atoms with Crippen LogP contribution in [-0.4, -0.2) is 48.4 Å². The van der Waals surface area contributed by atoms with E-state index in [1.165, 1.54) is 0 Å². The molecular formula is C10H19N2O. The normalized spacial score (nSPS) is 19.1.